The molecule has 0 fully saturated rings. The number of hydrogen-bond donors (Lipinski definition) is 1. The zero-order valence-corrected chi connectivity index (χ0v) is 12.3. The van der Waals surface area contributed by atoms with E-state index in [1.165, 1.54) is 6.26 Å². The lowest BCUT2D eigenvalue weighted by Crippen LogP contribution is -2.42. The number of sulfone groups is 1. The molecule has 0 bridgehead atoms. The first-order chi connectivity index (χ1) is 8.25. The van der Waals surface area contributed by atoms with E-state index in [1.807, 2.05) is 29.6 Å². The molecule has 1 atom stereocenters. The standard InChI is InChI=1S/C13H17NO2S2/c1-13(2,18(3,15)16)12(14)10-8-17-11-7-5-4-6-9(10)11/h4-8,12H,14H2,1-3H3. The SMILES string of the molecule is CC(C)(C(N)c1csc2ccccc12)S(C)(=O)=O. The van der Waals surface area contributed by atoms with Crippen LogP contribution in [-0.4, -0.2) is 19.4 Å². The van der Waals surface area contributed by atoms with Crippen molar-refractivity contribution in [1.82, 2.24) is 0 Å². The van der Waals surface area contributed by atoms with E-state index in [0.29, 0.717) is 0 Å². The summed E-state index contributed by atoms with van der Waals surface area (Å²) in [6.07, 6.45) is 1.24. The van der Waals surface area contributed by atoms with Crippen molar-refractivity contribution in [2.24, 2.45) is 5.73 Å². The molecule has 0 aliphatic heterocycles. The van der Waals surface area contributed by atoms with Gasteiger partial charge in [0.25, 0.3) is 0 Å². The third kappa shape index (κ3) is 2.06. The van der Waals surface area contributed by atoms with Crippen molar-refractivity contribution < 1.29 is 8.42 Å². The molecule has 3 nitrogen and oxygen atoms in total. The third-order valence-corrected chi connectivity index (χ3v) is 6.70. The number of hydrogen-bond acceptors (Lipinski definition) is 4. The highest BCUT2D eigenvalue weighted by Crippen LogP contribution is 2.36. The first-order valence-corrected chi connectivity index (χ1v) is 8.43. The van der Waals surface area contributed by atoms with Gasteiger partial charge in [-0.3, -0.25) is 0 Å². The van der Waals surface area contributed by atoms with E-state index in [9.17, 15) is 8.42 Å². The Morgan fingerprint density at radius 3 is 2.50 bits per heavy atom. The van der Waals surface area contributed by atoms with Gasteiger partial charge in [0.1, 0.15) is 0 Å². The van der Waals surface area contributed by atoms with Crippen LogP contribution in [0.1, 0.15) is 25.5 Å². The van der Waals surface area contributed by atoms with E-state index in [1.54, 1.807) is 25.2 Å². The number of thiophene rings is 1. The quantitative estimate of drug-likeness (QED) is 0.942. The lowest BCUT2D eigenvalue weighted by molar-refractivity contribution is 0.499. The second kappa shape index (κ2) is 4.33. The molecule has 2 aromatic rings. The minimum absolute atomic E-state index is 0.524. The Morgan fingerprint density at radius 1 is 1.28 bits per heavy atom. The van der Waals surface area contributed by atoms with E-state index in [-0.39, 0.29) is 0 Å². The van der Waals surface area contributed by atoms with Gasteiger partial charge in [0.2, 0.25) is 0 Å². The Hall–Kier alpha value is -0.910. The van der Waals surface area contributed by atoms with Crippen LogP contribution >= 0.6 is 11.3 Å². The van der Waals surface area contributed by atoms with Crippen molar-refractivity contribution >= 4 is 31.3 Å². The zero-order chi connectivity index (χ0) is 13.6. The Morgan fingerprint density at radius 2 is 1.89 bits per heavy atom. The van der Waals surface area contributed by atoms with Crippen LogP contribution < -0.4 is 5.73 Å². The van der Waals surface area contributed by atoms with Gasteiger partial charge in [-0.05, 0) is 36.2 Å². The summed E-state index contributed by atoms with van der Waals surface area (Å²) in [5, 5.41) is 3.01. The summed E-state index contributed by atoms with van der Waals surface area (Å²) in [4.78, 5) is 0. The van der Waals surface area contributed by atoms with Crippen LogP contribution in [0.15, 0.2) is 29.6 Å². The largest absolute Gasteiger partial charge is 0.323 e. The molecule has 1 heterocycles. The van der Waals surface area contributed by atoms with Crippen molar-refractivity contribution in [2.75, 3.05) is 6.26 Å². The lowest BCUT2D eigenvalue weighted by Gasteiger charge is -2.29. The van der Waals surface area contributed by atoms with Crippen molar-refractivity contribution in [3.63, 3.8) is 0 Å². The average molecular weight is 283 g/mol. The van der Waals surface area contributed by atoms with E-state index >= 15 is 0 Å². The van der Waals surface area contributed by atoms with Crippen LogP contribution in [-0.2, 0) is 9.84 Å². The number of benzene rings is 1. The molecule has 1 aromatic carbocycles. The Kier molecular flexibility index (Phi) is 3.25. The summed E-state index contributed by atoms with van der Waals surface area (Å²) in [6.45, 7) is 3.36. The molecule has 98 valence electrons. The maximum atomic E-state index is 11.8. The summed E-state index contributed by atoms with van der Waals surface area (Å²) >= 11 is 1.59. The van der Waals surface area contributed by atoms with Crippen LogP contribution in [0.2, 0.25) is 0 Å². The van der Waals surface area contributed by atoms with Crippen molar-refractivity contribution in [1.29, 1.82) is 0 Å². The maximum absolute atomic E-state index is 11.8. The number of rotatable bonds is 3. The second-order valence-electron chi connectivity index (χ2n) is 5.04. The van der Waals surface area contributed by atoms with E-state index in [0.717, 1.165) is 15.6 Å². The fourth-order valence-corrected chi connectivity index (χ4v) is 3.43. The van der Waals surface area contributed by atoms with Gasteiger partial charge in [-0.25, -0.2) is 8.42 Å². The first kappa shape index (κ1) is 13.5. The highest BCUT2D eigenvalue weighted by atomic mass is 32.2. The predicted octanol–water partition coefficient (Wildman–Crippen LogP) is 2.72. The molecule has 0 saturated carbocycles. The molecule has 0 aliphatic rings. The molecule has 1 aromatic heterocycles. The molecule has 0 amide bonds. The number of fused-ring (bicyclic) bond motifs is 1. The van der Waals surface area contributed by atoms with Crippen molar-refractivity contribution in [2.45, 2.75) is 24.6 Å². The first-order valence-electron chi connectivity index (χ1n) is 5.66. The van der Waals surface area contributed by atoms with Gasteiger partial charge in [0.05, 0.1) is 10.8 Å². The van der Waals surface area contributed by atoms with Crippen molar-refractivity contribution in [3.05, 3.63) is 35.2 Å². The van der Waals surface area contributed by atoms with Gasteiger partial charge in [-0.1, -0.05) is 18.2 Å². The molecule has 0 saturated heterocycles. The van der Waals surface area contributed by atoms with Crippen LogP contribution in [0, 0.1) is 0 Å². The van der Waals surface area contributed by atoms with E-state index in [4.69, 9.17) is 5.73 Å². The molecule has 5 heteroatoms. The Bertz CT molecular complexity index is 671. The molecule has 1 unspecified atom stereocenters. The van der Waals surface area contributed by atoms with E-state index in [2.05, 4.69) is 0 Å². The monoisotopic (exact) mass is 283 g/mol. The molecule has 0 aliphatic carbocycles. The fourth-order valence-electron chi connectivity index (χ4n) is 1.84. The lowest BCUT2D eigenvalue weighted by atomic mass is 9.96. The molecule has 2 N–H and O–H groups in total. The molecule has 2 rings (SSSR count). The second-order valence-corrected chi connectivity index (χ2v) is 8.55. The summed E-state index contributed by atoms with van der Waals surface area (Å²) in [5.41, 5.74) is 7.11. The average Bonchev–Trinajstić information content (AvgIpc) is 2.70. The van der Waals surface area contributed by atoms with Crippen LogP contribution in [0.5, 0.6) is 0 Å². The van der Waals surface area contributed by atoms with Gasteiger partial charge in [-0.2, -0.15) is 0 Å². The summed E-state index contributed by atoms with van der Waals surface area (Å²) in [6, 6.07) is 7.39. The van der Waals surface area contributed by atoms with Crippen LogP contribution in [0.3, 0.4) is 0 Å². The minimum atomic E-state index is -3.22. The minimum Gasteiger partial charge on any atom is -0.323 e. The third-order valence-electron chi connectivity index (χ3n) is 3.55. The summed E-state index contributed by atoms with van der Waals surface area (Å²) in [7, 11) is -3.22. The van der Waals surface area contributed by atoms with Gasteiger partial charge in [0.15, 0.2) is 9.84 Å². The molecule has 0 spiro atoms. The topological polar surface area (TPSA) is 60.2 Å². The maximum Gasteiger partial charge on any atom is 0.154 e. The highest BCUT2D eigenvalue weighted by Gasteiger charge is 2.38. The van der Waals surface area contributed by atoms with E-state index < -0.39 is 20.6 Å². The van der Waals surface area contributed by atoms with Gasteiger partial charge in [0, 0.05) is 11.0 Å². The van der Waals surface area contributed by atoms with Gasteiger partial charge in [-0.15, -0.1) is 11.3 Å². The van der Waals surface area contributed by atoms with Crippen LogP contribution in [0.25, 0.3) is 10.1 Å². The summed E-state index contributed by atoms with van der Waals surface area (Å²) in [5.74, 6) is 0. The molecular weight excluding hydrogens is 266 g/mol. The Balaban J connectivity index is 2.56. The zero-order valence-electron chi connectivity index (χ0n) is 10.7. The fraction of sp³-hybridized carbons (Fsp3) is 0.385. The smallest absolute Gasteiger partial charge is 0.154 e. The molecule has 0 radical (unpaired) electrons. The Labute approximate surface area is 112 Å². The van der Waals surface area contributed by atoms with Gasteiger partial charge < -0.3 is 5.73 Å². The van der Waals surface area contributed by atoms with Crippen LogP contribution in [0.4, 0.5) is 0 Å². The summed E-state index contributed by atoms with van der Waals surface area (Å²) < 4.78 is 23.9. The molecular formula is C13H17NO2S2. The van der Waals surface area contributed by atoms with Gasteiger partial charge >= 0.3 is 0 Å². The predicted molar refractivity (Wildman–Crippen MR) is 77.7 cm³/mol. The molecule has 18 heavy (non-hydrogen) atoms. The number of nitrogens with two attached hydrogens (primary N) is 1. The normalized spacial score (nSPS) is 14.9. The highest BCUT2D eigenvalue weighted by molar-refractivity contribution is 7.92. The van der Waals surface area contributed by atoms with Crippen molar-refractivity contribution in [3.8, 4) is 0 Å².